The molecule has 0 atom stereocenters. The Morgan fingerprint density at radius 3 is 2.54 bits per heavy atom. The predicted octanol–water partition coefficient (Wildman–Crippen LogP) is 3.47. The number of nitrogens with zero attached hydrogens (tertiary/aromatic N) is 5. The van der Waals surface area contributed by atoms with Crippen LogP contribution in [0, 0.1) is 10.1 Å². The summed E-state index contributed by atoms with van der Waals surface area (Å²) in [7, 11) is 3.92. The Bertz CT molecular complexity index is 778. The maximum absolute atomic E-state index is 11.7. The zero-order chi connectivity index (χ0) is 18.7. The molecule has 0 bridgehead atoms. The van der Waals surface area contributed by atoms with Gasteiger partial charge in [0.1, 0.15) is 12.1 Å². The Hall–Kier alpha value is -2.26. The van der Waals surface area contributed by atoms with E-state index < -0.39 is 4.92 Å². The Labute approximate surface area is 160 Å². The fraction of sp³-hybridized carbons (Fsp3) is 0.412. The number of benzene rings is 1. The molecule has 3 rings (SSSR count). The standard InChI is InChI=1S/C17H20BrN5O3/c1-21-9-7-13(8-10-21)22(2)16-15(23(24)25)17(20-11-19-16)26-14-5-3-12(18)4-6-14/h3-6,11,13H,7-10H2,1-2H3. The lowest BCUT2D eigenvalue weighted by molar-refractivity contribution is -0.385. The summed E-state index contributed by atoms with van der Waals surface area (Å²) in [6, 6.07) is 7.23. The van der Waals surface area contributed by atoms with E-state index in [1.54, 1.807) is 24.3 Å². The van der Waals surface area contributed by atoms with Crippen molar-refractivity contribution in [2.24, 2.45) is 0 Å². The van der Waals surface area contributed by atoms with Gasteiger partial charge in [-0.25, -0.2) is 4.98 Å². The van der Waals surface area contributed by atoms with Crippen LogP contribution >= 0.6 is 15.9 Å². The average molecular weight is 422 g/mol. The normalized spacial score (nSPS) is 15.7. The van der Waals surface area contributed by atoms with Crippen LogP contribution in [0.1, 0.15) is 12.8 Å². The number of ether oxygens (including phenoxy) is 1. The van der Waals surface area contributed by atoms with Crippen molar-refractivity contribution in [2.45, 2.75) is 18.9 Å². The highest BCUT2D eigenvalue weighted by molar-refractivity contribution is 9.10. The Morgan fingerprint density at radius 1 is 1.27 bits per heavy atom. The summed E-state index contributed by atoms with van der Waals surface area (Å²) in [5.74, 6) is 0.705. The second kappa shape index (κ2) is 7.96. The highest BCUT2D eigenvalue weighted by Crippen LogP contribution is 2.37. The molecule has 1 saturated heterocycles. The summed E-state index contributed by atoms with van der Waals surface area (Å²) in [6.07, 6.45) is 3.16. The van der Waals surface area contributed by atoms with Crippen molar-refractivity contribution < 1.29 is 9.66 Å². The molecule has 1 fully saturated rings. The third-order valence-electron chi connectivity index (χ3n) is 4.55. The van der Waals surface area contributed by atoms with Gasteiger partial charge in [0.15, 0.2) is 0 Å². The lowest BCUT2D eigenvalue weighted by atomic mass is 10.0. The second-order valence-corrected chi connectivity index (χ2v) is 7.23. The third-order valence-corrected chi connectivity index (χ3v) is 5.08. The summed E-state index contributed by atoms with van der Waals surface area (Å²) in [6.45, 7) is 1.91. The number of hydrogen-bond acceptors (Lipinski definition) is 7. The molecular formula is C17H20BrN5O3. The zero-order valence-corrected chi connectivity index (χ0v) is 16.2. The van der Waals surface area contributed by atoms with Crippen LogP contribution in [0.15, 0.2) is 35.1 Å². The molecule has 138 valence electrons. The van der Waals surface area contributed by atoms with Crippen LogP contribution in [0.2, 0.25) is 0 Å². The second-order valence-electron chi connectivity index (χ2n) is 6.31. The predicted molar refractivity (Wildman–Crippen MR) is 102 cm³/mol. The number of piperidine rings is 1. The zero-order valence-electron chi connectivity index (χ0n) is 14.6. The molecule has 1 aromatic heterocycles. The number of anilines is 1. The molecule has 9 heteroatoms. The molecule has 0 saturated carbocycles. The van der Waals surface area contributed by atoms with Crippen LogP contribution in [-0.4, -0.2) is 53.0 Å². The molecule has 0 amide bonds. The molecule has 1 aromatic carbocycles. The van der Waals surface area contributed by atoms with E-state index >= 15 is 0 Å². The third kappa shape index (κ3) is 4.10. The molecule has 2 aromatic rings. The Balaban J connectivity index is 1.90. The highest BCUT2D eigenvalue weighted by Gasteiger charge is 2.31. The van der Waals surface area contributed by atoms with Gasteiger partial charge in [-0.1, -0.05) is 15.9 Å². The van der Waals surface area contributed by atoms with Crippen molar-refractivity contribution in [3.8, 4) is 11.6 Å². The molecule has 2 heterocycles. The molecule has 8 nitrogen and oxygen atoms in total. The van der Waals surface area contributed by atoms with Gasteiger partial charge in [0.05, 0.1) is 4.92 Å². The summed E-state index contributed by atoms with van der Waals surface area (Å²) in [5.41, 5.74) is -0.211. The van der Waals surface area contributed by atoms with Crippen LogP contribution in [0.3, 0.4) is 0 Å². The van der Waals surface area contributed by atoms with Gasteiger partial charge < -0.3 is 14.5 Å². The van der Waals surface area contributed by atoms with E-state index in [9.17, 15) is 10.1 Å². The van der Waals surface area contributed by atoms with Crippen molar-refractivity contribution in [3.05, 3.63) is 45.2 Å². The maximum atomic E-state index is 11.7. The van der Waals surface area contributed by atoms with Gasteiger partial charge in [-0.3, -0.25) is 10.1 Å². The largest absolute Gasteiger partial charge is 0.434 e. The van der Waals surface area contributed by atoms with E-state index in [4.69, 9.17) is 4.74 Å². The molecule has 0 unspecified atom stereocenters. The van der Waals surface area contributed by atoms with Crippen molar-refractivity contribution in [3.63, 3.8) is 0 Å². The topological polar surface area (TPSA) is 84.6 Å². The van der Waals surface area contributed by atoms with Crippen LogP contribution in [0.5, 0.6) is 11.6 Å². The van der Waals surface area contributed by atoms with E-state index in [1.165, 1.54) is 6.33 Å². The first-order valence-corrected chi connectivity index (χ1v) is 9.09. The first-order valence-electron chi connectivity index (χ1n) is 8.30. The maximum Gasteiger partial charge on any atom is 0.373 e. The van der Waals surface area contributed by atoms with Crippen molar-refractivity contribution in [1.29, 1.82) is 0 Å². The summed E-state index contributed by atoms with van der Waals surface area (Å²) >= 11 is 3.35. The SMILES string of the molecule is CN1CCC(N(C)c2ncnc(Oc3ccc(Br)cc3)c2[N+](=O)[O-])CC1. The van der Waals surface area contributed by atoms with E-state index in [1.807, 2.05) is 11.9 Å². The molecule has 0 aliphatic carbocycles. The van der Waals surface area contributed by atoms with Gasteiger partial charge in [-0.05, 0) is 57.2 Å². The Kier molecular flexibility index (Phi) is 5.67. The van der Waals surface area contributed by atoms with Gasteiger partial charge >= 0.3 is 11.6 Å². The number of halogens is 1. The number of nitro groups is 1. The highest BCUT2D eigenvalue weighted by atomic mass is 79.9. The van der Waals surface area contributed by atoms with E-state index in [0.29, 0.717) is 5.75 Å². The summed E-state index contributed by atoms with van der Waals surface area (Å²) < 4.78 is 6.57. The van der Waals surface area contributed by atoms with Crippen LogP contribution in [0.25, 0.3) is 0 Å². The Morgan fingerprint density at radius 2 is 1.92 bits per heavy atom. The van der Waals surface area contributed by atoms with Crippen molar-refractivity contribution in [2.75, 3.05) is 32.1 Å². The molecule has 0 N–H and O–H groups in total. The lowest BCUT2D eigenvalue weighted by Crippen LogP contribution is -2.42. The van der Waals surface area contributed by atoms with E-state index in [-0.39, 0.29) is 23.4 Å². The summed E-state index contributed by atoms with van der Waals surface area (Å²) in [4.78, 5) is 23.6. The van der Waals surface area contributed by atoms with Gasteiger partial charge in [0.25, 0.3) is 0 Å². The quantitative estimate of drug-likeness (QED) is 0.539. The monoisotopic (exact) mass is 421 g/mol. The molecule has 0 radical (unpaired) electrons. The van der Waals surface area contributed by atoms with Gasteiger partial charge in [-0.15, -0.1) is 0 Å². The minimum Gasteiger partial charge on any atom is -0.434 e. The number of hydrogen-bond donors (Lipinski definition) is 0. The molecule has 1 aliphatic rings. The summed E-state index contributed by atoms with van der Waals surface area (Å²) in [5, 5.41) is 11.7. The molecule has 1 aliphatic heterocycles. The lowest BCUT2D eigenvalue weighted by Gasteiger charge is -2.35. The van der Waals surface area contributed by atoms with E-state index in [2.05, 4.69) is 37.8 Å². The van der Waals surface area contributed by atoms with E-state index in [0.717, 1.165) is 30.4 Å². The fourth-order valence-electron chi connectivity index (χ4n) is 3.02. The van der Waals surface area contributed by atoms with Crippen LogP contribution in [0.4, 0.5) is 11.5 Å². The number of rotatable bonds is 5. The van der Waals surface area contributed by atoms with Crippen LogP contribution in [-0.2, 0) is 0 Å². The fourth-order valence-corrected chi connectivity index (χ4v) is 3.28. The minimum absolute atomic E-state index is 0.0536. The smallest absolute Gasteiger partial charge is 0.373 e. The molecule has 26 heavy (non-hydrogen) atoms. The first kappa shape index (κ1) is 18.5. The van der Waals surface area contributed by atoms with Gasteiger partial charge in [-0.2, -0.15) is 4.98 Å². The van der Waals surface area contributed by atoms with Gasteiger partial charge in [0, 0.05) is 17.6 Å². The average Bonchev–Trinajstić information content (AvgIpc) is 2.63. The number of likely N-dealkylation sites (tertiary alicyclic amines) is 1. The number of aromatic nitrogens is 2. The van der Waals surface area contributed by atoms with Crippen molar-refractivity contribution >= 4 is 27.4 Å². The van der Waals surface area contributed by atoms with Crippen molar-refractivity contribution in [1.82, 2.24) is 14.9 Å². The first-order chi connectivity index (χ1) is 12.5. The minimum atomic E-state index is -0.477. The van der Waals surface area contributed by atoms with Gasteiger partial charge in [0.2, 0.25) is 5.82 Å². The van der Waals surface area contributed by atoms with Crippen LogP contribution < -0.4 is 9.64 Å². The molecular weight excluding hydrogens is 402 g/mol. The molecule has 0 spiro atoms.